The second-order valence-corrected chi connectivity index (χ2v) is 9.44. The summed E-state index contributed by atoms with van der Waals surface area (Å²) >= 11 is 0. The Balaban J connectivity index is 1.51. The Morgan fingerprint density at radius 3 is 2.39 bits per heavy atom. The number of fused-ring (bicyclic) bond motifs is 1. The van der Waals surface area contributed by atoms with Crippen LogP contribution in [-0.2, 0) is 14.3 Å². The molecule has 0 radical (unpaired) electrons. The average Bonchev–Trinajstić information content (AvgIpc) is 2.99. The number of esters is 2. The zero-order chi connectivity index (χ0) is 28.9. The van der Waals surface area contributed by atoms with E-state index in [1.807, 2.05) is 55.5 Å². The predicted molar refractivity (Wildman–Crippen MR) is 153 cm³/mol. The lowest BCUT2D eigenvalue weighted by atomic mass is 9.95. The van der Waals surface area contributed by atoms with Gasteiger partial charge in [0.15, 0.2) is 0 Å². The van der Waals surface area contributed by atoms with Crippen LogP contribution < -0.4 is 15.4 Å². The largest absolute Gasteiger partial charge is 0.497 e. The van der Waals surface area contributed by atoms with Crippen molar-refractivity contribution in [3.63, 3.8) is 0 Å². The number of nitrogens with zero attached hydrogens (tertiary/aromatic N) is 1. The number of pyridine rings is 1. The maximum atomic E-state index is 13.6. The van der Waals surface area contributed by atoms with Crippen molar-refractivity contribution < 1.29 is 28.6 Å². The molecule has 2 amide bonds. The normalized spacial score (nSPS) is 14.7. The molecule has 3 aromatic carbocycles. The van der Waals surface area contributed by atoms with Crippen LogP contribution in [0.4, 0.5) is 4.79 Å². The van der Waals surface area contributed by atoms with Crippen LogP contribution in [0, 0.1) is 6.92 Å². The summed E-state index contributed by atoms with van der Waals surface area (Å²) in [6.07, 6.45) is 0. The van der Waals surface area contributed by atoms with Crippen LogP contribution >= 0.6 is 0 Å². The van der Waals surface area contributed by atoms with Crippen LogP contribution in [0.5, 0.6) is 5.75 Å². The number of methoxy groups -OCH3 is 1. The van der Waals surface area contributed by atoms with E-state index in [1.165, 1.54) is 0 Å². The van der Waals surface area contributed by atoms with E-state index < -0.39 is 24.0 Å². The van der Waals surface area contributed by atoms with Crippen molar-refractivity contribution in [3.05, 3.63) is 107 Å². The molecule has 0 aliphatic carbocycles. The maximum Gasteiger partial charge on any atom is 0.339 e. The Hall–Kier alpha value is -5.18. The van der Waals surface area contributed by atoms with Gasteiger partial charge in [0, 0.05) is 10.9 Å². The smallest absolute Gasteiger partial charge is 0.339 e. The van der Waals surface area contributed by atoms with Crippen molar-refractivity contribution in [2.45, 2.75) is 19.9 Å². The van der Waals surface area contributed by atoms with Crippen molar-refractivity contribution in [2.75, 3.05) is 20.3 Å². The number of rotatable bonds is 8. The monoisotopic (exact) mass is 551 g/mol. The highest BCUT2D eigenvalue weighted by Crippen LogP contribution is 2.30. The van der Waals surface area contributed by atoms with Crippen LogP contribution in [0.3, 0.4) is 0 Å². The SMILES string of the molecule is CCOC(=O)C1=C(COC(=O)c2cc(-c3ccccc3)nc3ccc(C)cc23)NC(=O)N[C@@H]1c1ccc(OC)cc1. The molecule has 9 nitrogen and oxygen atoms in total. The first-order valence-corrected chi connectivity index (χ1v) is 13.1. The molecule has 1 aliphatic rings. The molecule has 0 saturated heterocycles. The van der Waals surface area contributed by atoms with Gasteiger partial charge in [0.05, 0.1) is 47.8 Å². The number of nitrogens with one attached hydrogen (secondary N) is 2. The molecule has 0 bridgehead atoms. The highest BCUT2D eigenvalue weighted by molar-refractivity contribution is 6.05. The van der Waals surface area contributed by atoms with Crippen molar-refractivity contribution in [1.29, 1.82) is 0 Å². The molecule has 4 aromatic rings. The van der Waals surface area contributed by atoms with Gasteiger partial charge in [0.2, 0.25) is 0 Å². The molecular weight excluding hydrogens is 522 g/mol. The van der Waals surface area contributed by atoms with Gasteiger partial charge in [0.25, 0.3) is 0 Å². The fourth-order valence-corrected chi connectivity index (χ4v) is 4.71. The lowest BCUT2D eigenvalue weighted by Gasteiger charge is -2.29. The number of hydrogen-bond acceptors (Lipinski definition) is 7. The Morgan fingerprint density at radius 2 is 1.68 bits per heavy atom. The minimum atomic E-state index is -0.823. The summed E-state index contributed by atoms with van der Waals surface area (Å²) in [6, 6.07) is 22.5. The fraction of sp³-hybridized carbons (Fsp3) is 0.188. The van der Waals surface area contributed by atoms with E-state index in [0.717, 1.165) is 11.1 Å². The first-order valence-electron chi connectivity index (χ1n) is 13.1. The van der Waals surface area contributed by atoms with Gasteiger partial charge in [-0.25, -0.2) is 19.4 Å². The van der Waals surface area contributed by atoms with Gasteiger partial charge in [-0.2, -0.15) is 0 Å². The van der Waals surface area contributed by atoms with Gasteiger partial charge in [-0.15, -0.1) is 0 Å². The van der Waals surface area contributed by atoms with Crippen LogP contribution in [0.15, 0.2) is 90.1 Å². The van der Waals surface area contributed by atoms with Gasteiger partial charge in [-0.1, -0.05) is 54.1 Å². The van der Waals surface area contributed by atoms with Crippen molar-refractivity contribution in [1.82, 2.24) is 15.6 Å². The van der Waals surface area contributed by atoms with Crippen molar-refractivity contribution >= 4 is 28.9 Å². The third-order valence-corrected chi connectivity index (χ3v) is 6.70. The molecule has 1 aromatic heterocycles. The van der Waals surface area contributed by atoms with Gasteiger partial charge >= 0.3 is 18.0 Å². The number of benzene rings is 3. The van der Waals surface area contributed by atoms with E-state index in [1.54, 1.807) is 44.4 Å². The zero-order valence-corrected chi connectivity index (χ0v) is 22.9. The number of ether oxygens (including phenoxy) is 3. The first-order chi connectivity index (χ1) is 19.9. The first kappa shape index (κ1) is 27.4. The summed E-state index contributed by atoms with van der Waals surface area (Å²) in [6.45, 7) is 3.39. The summed E-state index contributed by atoms with van der Waals surface area (Å²) in [7, 11) is 1.55. The molecule has 208 valence electrons. The summed E-state index contributed by atoms with van der Waals surface area (Å²) in [4.78, 5) is 44.1. The van der Waals surface area contributed by atoms with Gasteiger partial charge < -0.3 is 24.8 Å². The number of hydrogen-bond donors (Lipinski definition) is 2. The maximum absolute atomic E-state index is 13.6. The summed E-state index contributed by atoms with van der Waals surface area (Å²) < 4.78 is 16.3. The molecular formula is C32H29N3O6. The second kappa shape index (κ2) is 11.9. The van der Waals surface area contributed by atoms with Crippen molar-refractivity contribution in [3.8, 4) is 17.0 Å². The van der Waals surface area contributed by atoms with E-state index in [0.29, 0.717) is 33.5 Å². The molecule has 0 unspecified atom stereocenters. The molecule has 0 fully saturated rings. The number of carbonyl (C=O) groups excluding carboxylic acids is 3. The van der Waals surface area contributed by atoms with Gasteiger partial charge in [-0.05, 0) is 49.7 Å². The number of carbonyl (C=O) groups is 3. The van der Waals surface area contributed by atoms with Crippen LogP contribution in [-0.4, -0.2) is 43.3 Å². The van der Waals surface area contributed by atoms with E-state index in [2.05, 4.69) is 10.6 Å². The minimum Gasteiger partial charge on any atom is -0.497 e. The van der Waals surface area contributed by atoms with Crippen LogP contribution in [0.2, 0.25) is 0 Å². The second-order valence-electron chi connectivity index (χ2n) is 9.44. The van der Waals surface area contributed by atoms with E-state index in [9.17, 15) is 14.4 Å². The van der Waals surface area contributed by atoms with Gasteiger partial charge in [-0.3, -0.25) is 0 Å². The topological polar surface area (TPSA) is 116 Å². The molecule has 2 heterocycles. The van der Waals surface area contributed by atoms with E-state index in [-0.39, 0.29) is 24.5 Å². The molecule has 1 atom stereocenters. The summed E-state index contributed by atoms with van der Waals surface area (Å²) in [5, 5.41) is 6.04. The Bertz CT molecular complexity index is 1650. The van der Waals surface area contributed by atoms with E-state index in [4.69, 9.17) is 19.2 Å². The highest BCUT2D eigenvalue weighted by Gasteiger charge is 2.34. The third-order valence-electron chi connectivity index (χ3n) is 6.70. The van der Waals surface area contributed by atoms with Gasteiger partial charge in [0.1, 0.15) is 12.4 Å². The minimum absolute atomic E-state index is 0.128. The van der Waals surface area contributed by atoms with Crippen molar-refractivity contribution in [2.24, 2.45) is 0 Å². The predicted octanol–water partition coefficient (Wildman–Crippen LogP) is 5.25. The lowest BCUT2D eigenvalue weighted by molar-refractivity contribution is -0.139. The standard InChI is InChI=1S/C32H29N3O6/c1-4-40-31(37)28-27(34-32(38)35-29(28)21-11-13-22(39-3)14-12-21)18-41-30(36)24-17-26(20-8-6-5-7-9-20)33-25-15-10-19(2)16-23(24)25/h5-17,29H,4,18H2,1-3H3,(H2,34,35,38)/t29-/m1/s1. The Labute approximate surface area is 237 Å². The molecule has 0 spiro atoms. The zero-order valence-electron chi connectivity index (χ0n) is 22.9. The summed E-state index contributed by atoms with van der Waals surface area (Å²) in [5.41, 5.74) is 4.31. The van der Waals surface area contributed by atoms with E-state index >= 15 is 0 Å². The molecule has 0 saturated carbocycles. The Morgan fingerprint density at radius 1 is 0.927 bits per heavy atom. The number of aromatic nitrogens is 1. The molecule has 9 heteroatoms. The molecule has 2 N–H and O–H groups in total. The molecule has 1 aliphatic heterocycles. The Kier molecular flexibility index (Phi) is 7.96. The van der Waals surface area contributed by atoms with Crippen LogP contribution in [0.1, 0.15) is 34.5 Å². The number of amides is 2. The van der Waals surface area contributed by atoms with Crippen LogP contribution in [0.25, 0.3) is 22.2 Å². The quantitative estimate of drug-likeness (QED) is 0.288. The lowest BCUT2D eigenvalue weighted by Crippen LogP contribution is -2.47. The fourth-order valence-electron chi connectivity index (χ4n) is 4.71. The third kappa shape index (κ3) is 5.89. The number of urea groups is 1. The average molecular weight is 552 g/mol. The molecule has 5 rings (SSSR count). The summed E-state index contributed by atoms with van der Waals surface area (Å²) in [5.74, 6) is -0.632. The molecule has 41 heavy (non-hydrogen) atoms. The number of aryl methyl sites for hydroxylation is 1. The highest BCUT2D eigenvalue weighted by atomic mass is 16.5.